The van der Waals surface area contributed by atoms with E-state index < -0.39 is 0 Å². The van der Waals surface area contributed by atoms with Crippen molar-refractivity contribution < 1.29 is 4.79 Å². The molecule has 0 N–H and O–H groups in total. The van der Waals surface area contributed by atoms with Crippen LogP contribution in [0.4, 0.5) is 0 Å². The Hall–Kier alpha value is -2.39. The average molecular weight is 392 g/mol. The van der Waals surface area contributed by atoms with Gasteiger partial charge in [0.2, 0.25) is 0 Å². The number of hydrogen-bond acceptors (Lipinski definition) is 1. The van der Waals surface area contributed by atoms with Crippen LogP contribution in [0.1, 0.15) is 27.0 Å². The molecule has 4 aromatic rings. The van der Waals surface area contributed by atoms with Gasteiger partial charge in [0.15, 0.2) is 0 Å². The molecule has 0 radical (unpaired) electrons. The van der Waals surface area contributed by atoms with Crippen molar-refractivity contribution in [1.82, 2.24) is 4.57 Å². The Balaban J connectivity index is 2.06. The SMILES string of the molecule is Cc1cccc2c3cc(C=O)cc(C)c3n(Cc3ccc(Br)cc3)c12. The van der Waals surface area contributed by atoms with Crippen molar-refractivity contribution in [3.8, 4) is 0 Å². The molecular weight excluding hydrogens is 374 g/mol. The van der Waals surface area contributed by atoms with Crippen molar-refractivity contribution in [2.45, 2.75) is 20.4 Å². The zero-order valence-corrected chi connectivity index (χ0v) is 15.8. The molecule has 1 aromatic heterocycles. The summed E-state index contributed by atoms with van der Waals surface area (Å²) < 4.78 is 3.47. The maximum absolute atomic E-state index is 11.3. The molecule has 4 rings (SSSR count). The number of rotatable bonds is 3. The number of carbonyl (C=O) groups excluding carboxylic acids is 1. The molecule has 0 aliphatic carbocycles. The van der Waals surface area contributed by atoms with Crippen molar-refractivity contribution in [1.29, 1.82) is 0 Å². The number of nitrogens with zero attached hydrogens (tertiary/aromatic N) is 1. The summed E-state index contributed by atoms with van der Waals surface area (Å²) in [6, 6.07) is 18.8. The van der Waals surface area contributed by atoms with Gasteiger partial charge in [-0.25, -0.2) is 0 Å². The highest BCUT2D eigenvalue weighted by atomic mass is 79.9. The van der Waals surface area contributed by atoms with Gasteiger partial charge in [-0.2, -0.15) is 0 Å². The summed E-state index contributed by atoms with van der Waals surface area (Å²) in [5.41, 5.74) is 6.81. The highest BCUT2D eigenvalue weighted by molar-refractivity contribution is 9.10. The van der Waals surface area contributed by atoms with E-state index in [2.05, 4.69) is 76.8 Å². The molecule has 2 nitrogen and oxygen atoms in total. The van der Waals surface area contributed by atoms with E-state index in [9.17, 15) is 4.79 Å². The number of aromatic nitrogens is 1. The van der Waals surface area contributed by atoms with Crippen LogP contribution in [0.3, 0.4) is 0 Å². The van der Waals surface area contributed by atoms with E-state index in [1.807, 2.05) is 12.1 Å². The highest BCUT2D eigenvalue weighted by Gasteiger charge is 2.15. The lowest BCUT2D eigenvalue weighted by Crippen LogP contribution is -2.01. The predicted octanol–water partition coefficient (Wildman–Crippen LogP) is 6.03. The predicted molar refractivity (Wildman–Crippen MR) is 108 cm³/mol. The average Bonchev–Trinajstić information content (AvgIpc) is 2.92. The van der Waals surface area contributed by atoms with E-state index in [0.717, 1.165) is 33.8 Å². The molecule has 0 saturated carbocycles. The zero-order chi connectivity index (χ0) is 17.6. The van der Waals surface area contributed by atoms with Crippen molar-refractivity contribution in [3.63, 3.8) is 0 Å². The minimum Gasteiger partial charge on any atom is -0.336 e. The molecule has 3 heteroatoms. The third-order valence-corrected chi connectivity index (χ3v) is 5.31. The highest BCUT2D eigenvalue weighted by Crippen LogP contribution is 2.34. The minimum atomic E-state index is 0.731. The summed E-state index contributed by atoms with van der Waals surface area (Å²) >= 11 is 3.50. The summed E-state index contributed by atoms with van der Waals surface area (Å²) in [5.74, 6) is 0. The number of benzene rings is 3. The van der Waals surface area contributed by atoms with Gasteiger partial charge in [-0.3, -0.25) is 4.79 Å². The summed E-state index contributed by atoms with van der Waals surface area (Å²) in [5, 5.41) is 2.36. The molecule has 1 heterocycles. The minimum absolute atomic E-state index is 0.731. The quantitative estimate of drug-likeness (QED) is 0.390. The van der Waals surface area contributed by atoms with Crippen molar-refractivity contribution >= 4 is 44.0 Å². The Kier molecular flexibility index (Phi) is 3.97. The second-order valence-electron chi connectivity index (χ2n) is 6.54. The van der Waals surface area contributed by atoms with Crippen LogP contribution in [0.25, 0.3) is 21.8 Å². The van der Waals surface area contributed by atoms with Gasteiger partial charge >= 0.3 is 0 Å². The Labute approximate surface area is 155 Å². The summed E-state index contributed by atoms with van der Waals surface area (Å²) in [4.78, 5) is 11.3. The Morgan fingerprint density at radius 1 is 0.920 bits per heavy atom. The van der Waals surface area contributed by atoms with Crippen LogP contribution < -0.4 is 0 Å². The fourth-order valence-electron chi connectivity index (χ4n) is 3.72. The zero-order valence-electron chi connectivity index (χ0n) is 14.2. The number of aldehydes is 1. The summed E-state index contributed by atoms with van der Waals surface area (Å²) in [6.45, 7) is 5.04. The van der Waals surface area contributed by atoms with Crippen molar-refractivity contribution in [2.75, 3.05) is 0 Å². The number of carbonyl (C=O) groups is 1. The second kappa shape index (κ2) is 6.16. The Morgan fingerprint density at radius 3 is 2.36 bits per heavy atom. The molecule has 0 atom stereocenters. The van der Waals surface area contributed by atoms with E-state index in [0.29, 0.717) is 0 Å². The smallest absolute Gasteiger partial charge is 0.150 e. The third-order valence-electron chi connectivity index (χ3n) is 4.78. The molecule has 124 valence electrons. The molecule has 0 bridgehead atoms. The van der Waals surface area contributed by atoms with Crippen LogP contribution >= 0.6 is 15.9 Å². The number of halogens is 1. The first-order valence-corrected chi connectivity index (χ1v) is 9.09. The van der Waals surface area contributed by atoms with Crippen LogP contribution in [0, 0.1) is 13.8 Å². The van der Waals surface area contributed by atoms with Crippen molar-refractivity contribution in [2.24, 2.45) is 0 Å². The fraction of sp³-hybridized carbons (Fsp3) is 0.136. The number of aryl methyl sites for hydroxylation is 2. The first kappa shape index (κ1) is 16.1. The van der Waals surface area contributed by atoms with Crippen LogP contribution in [-0.4, -0.2) is 10.9 Å². The maximum Gasteiger partial charge on any atom is 0.150 e. The van der Waals surface area contributed by atoms with Gasteiger partial charge in [0.25, 0.3) is 0 Å². The van der Waals surface area contributed by atoms with Gasteiger partial charge in [-0.15, -0.1) is 0 Å². The lowest BCUT2D eigenvalue weighted by atomic mass is 10.1. The largest absolute Gasteiger partial charge is 0.336 e. The normalized spacial score (nSPS) is 11.3. The molecular formula is C22H18BrNO. The molecule has 0 amide bonds. The summed E-state index contributed by atoms with van der Waals surface area (Å²) in [6.07, 6.45) is 0.931. The van der Waals surface area contributed by atoms with E-state index in [4.69, 9.17) is 0 Å². The molecule has 25 heavy (non-hydrogen) atoms. The Morgan fingerprint density at radius 2 is 1.64 bits per heavy atom. The first-order chi connectivity index (χ1) is 12.1. The molecule has 3 aromatic carbocycles. The number of hydrogen-bond donors (Lipinski definition) is 0. The molecule has 0 aliphatic rings. The molecule has 0 aliphatic heterocycles. The molecule has 0 spiro atoms. The van der Waals surface area contributed by atoms with Gasteiger partial charge in [-0.05, 0) is 54.8 Å². The lowest BCUT2D eigenvalue weighted by molar-refractivity contribution is 0.112. The number of para-hydroxylation sites is 1. The van der Waals surface area contributed by atoms with Gasteiger partial charge in [0, 0.05) is 27.4 Å². The van der Waals surface area contributed by atoms with Crippen LogP contribution in [-0.2, 0) is 6.54 Å². The van der Waals surface area contributed by atoms with Gasteiger partial charge in [0.1, 0.15) is 6.29 Å². The molecule has 0 unspecified atom stereocenters. The molecule has 0 fully saturated rings. The van der Waals surface area contributed by atoms with E-state index >= 15 is 0 Å². The first-order valence-electron chi connectivity index (χ1n) is 8.30. The lowest BCUT2D eigenvalue weighted by Gasteiger charge is -2.11. The van der Waals surface area contributed by atoms with Gasteiger partial charge in [-0.1, -0.05) is 46.3 Å². The van der Waals surface area contributed by atoms with Crippen LogP contribution in [0.5, 0.6) is 0 Å². The summed E-state index contributed by atoms with van der Waals surface area (Å²) in [7, 11) is 0. The second-order valence-corrected chi connectivity index (χ2v) is 7.45. The maximum atomic E-state index is 11.3. The third kappa shape index (κ3) is 2.69. The fourth-order valence-corrected chi connectivity index (χ4v) is 3.98. The van der Waals surface area contributed by atoms with Crippen molar-refractivity contribution in [3.05, 3.63) is 81.3 Å². The van der Waals surface area contributed by atoms with Crippen LogP contribution in [0.2, 0.25) is 0 Å². The monoisotopic (exact) mass is 391 g/mol. The van der Waals surface area contributed by atoms with E-state index in [-0.39, 0.29) is 0 Å². The van der Waals surface area contributed by atoms with Gasteiger partial charge < -0.3 is 4.57 Å². The Bertz CT molecular complexity index is 1110. The van der Waals surface area contributed by atoms with Crippen LogP contribution in [0.15, 0.2) is 59.1 Å². The molecule has 0 saturated heterocycles. The van der Waals surface area contributed by atoms with E-state index in [1.165, 1.54) is 27.5 Å². The standard InChI is InChI=1S/C22H18BrNO/c1-14-4-3-5-19-20-11-17(13-25)10-15(2)22(20)24(21(14)19)12-16-6-8-18(23)9-7-16/h3-11,13H,12H2,1-2H3. The van der Waals surface area contributed by atoms with Gasteiger partial charge in [0.05, 0.1) is 11.0 Å². The topological polar surface area (TPSA) is 22.0 Å². The van der Waals surface area contributed by atoms with E-state index in [1.54, 1.807) is 0 Å². The number of fused-ring (bicyclic) bond motifs is 3.